The predicted octanol–water partition coefficient (Wildman–Crippen LogP) is -0.257. The Hall–Kier alpha value is -0.870. The second-order valence-corrected chi connectivity index (χ2v) is 2.65. The third-order valence-electron chi connectivity index (χ3n) is 1.59. The predicted molar refractivity (Wildman–Crippen MR) is 39.1 cm³/mol. The van der Waals surface area contributed by atoms with Crippen LogP contribution < -0.4 is 5.73 Å². The molecule has 0 saturated carbocycles. The van der Waals surface area contributed by atoms with E-state index in [1.165, 1.54) is 0 Å². The molecule has 0 aromatic heterocycles. The highest BCUT2D eigenvalue weighted by molar-refractivity contribution is 5.74. The molecule has 4 heteroatoms. The summed E-state index contributed by atoms with van der Waals surface area (Å²) < 4.78 is 5.09. The lowest BCUT2D eigenvalue weighted by molar-refractivity contribution is -0.140. The van der Waals surface area contributed by atoms with Gasteiger partial charge >= 0.3 is 5.97 Å². The molecule has 0 unspecified atom stereocenters. The highest BCUT2D eigenvalue weighted by Gasteiger charge is 2.26. The normalized spacial score (nSPS) is 26.4. The molecule has 4 nitrogen and oxygen atoms in total. The summed E-state index contributed by atoms with van der Waals surface area (Å²) in [6, 6.07) is -0.938. The zero-order valence-electron chi connectivity index (χ0n) is 6.28. The molecule has 1 aliphatic rings. The van der Waals surface area contributed by atoms with Gasteiger partial charge in [-0.25, -0.2) is 0 Å². The largest absolute Gasteiger partial charge is 0.480 e. The fourth-order valence-electron chi connectivity index (χ4n) is 0.952. The Morgan fingerprint density at radius 3 is 3.00 bits per heavy atom. The van der Waals surface area contributed by atoms with Crippen LogP contribution in [0.15, 0.2) is 11.6 Å². The molecule has 0 aromatic rings. The minimum absolute atomic E-state index is 0.451. The summed E-state index contributed by atoms with van der Waals surface area (Å²) in [6.45, 7) is 2.38. The van der Waals surface area contributed by atoms with Crippen molar-refractivity contribution < 1.29 is 14.6 Å². The van der Waals surface area contributed by atoms with Crippen molar-refractivity contribution in [1.82, 2.24) is 0 Å². The van der Waals surface area contributed by atoms with Gasteiger partial charge in [0.25, 0.3) is 0 Å². The molecule has 62 valence electrons. The van der Waals surface area contributed by atoms with Crippen LogP contribution in [0.4, 0.5) is 0 Å². The van der Waals surface area contributed by atoms with Gasteiger partial charge in [0.2, 0.25) is 0 Å². The molecule has 0 fully saturated rings. The van der Waals surface area contributed by atoms with E-state index in [0.717, 1.165) is 5.57 Å². The standard InChI is InChI=1S/C7H11NO3/c1-4-2-5(11-3-4)6(8)7(9)10/h2,5-6H,3,8H2,1H3,(H,9,10)/t5-,6-/m0/s1. The number of rotatable bonds is 2. The molecule has 0 amide bonds. The summed E-state index contributed by atoms with van der Waals surface area (Å²) in [5, 5.41) is 8.49. The van der Waals surface area contributed by atoms with E-state index in [1.54, 1.807) is 6.08 Å². The zero-order valence-corrected chi connectivity index (χ0v) is 6.28. The van der Waals surface area contributed by atoms with Crippen molar-refractivity contribution in [2.24, 2.45) is 5.73 Å². The van der Waals surface area contributed by atoms with Crippen LogP contribution in [0.5, 0.6) is 0 Å². The quantitative estimate of drug-likeness (QED) is 0.542. The van der Waals surface area contributed by atoms with Gasteiger partial charge in [-0.3, -0.25) is 4.79 Å². The van der Waals surface area contributed by atoms with Crippen molar-refractivity contribution >= 4 is 5.97 Å². The van der Waals surface area contributed by atoms with E-state index in [4.69, 9.17) is 15.6 Å². The Morgan fingerprint density at radius 1 is 2.00 bits per heavy atom. The minimum Gasteiger partial charge on any atom is -0.480 e. The monoisotopic (exact) mass is 157 g/mol. The van der Waals surface area contributed by atoms with Crippen molar-refractivity contribution in [3.8, 4) is 0 Å². The number of ether oxygens (including phenoxy) is 1. The highest BCUT2D eigenvalue weighted by atomic mass is 16.5. The second-order valence-electron chi connectivity index (χ2n) is 2.65. The van der Waals surface area contributed by atoms with Crippen LogP contribution in [0, 0.1) is 0 Å². The number of nitrogens with two attached hydrogens (primary N) is 1. The van der Waals surface area contributed by atoms with Crippen LogP contribution in [0.3, 0.4) is 0 Å². The molecule has 1 aliphatic heterocycles. The van der Waals surface area contributed by atoms with Crippen LogP contribution in [-0.4, -0.2) is 29.8 Å². The molecule has 0 radical (unpaired) electrons. The number of carbonyl (C=O) groups is 1. The third-order valence-corrected chi connectivity index (χ3v) is 1.59. The van der Waals surface area contributed by atoms with Gasteiger partial charge in [-0.15, -0.1) is 0 Å². The average Bonchev–Trinajstić information content (AvgIpc) is 2.34. The fourth-order valence-corrected chi connectivity index (χ4v) is 0.952. The van der Waals surface area contributed by atoms with Crippen molar-refractivity contribution in [1.29, 1.82) is 0 Å². The number of aliphatic carboxylic acids is 1. The van der Waals surface area contributed by atoms with Crippen molar-refractivity contribution in [3.63, 3.8) is 0 Å². The van der Waals surface area contributed by atoms with Crippen LogP contribution in [-0.2, 0) is 9.53 Å². The first-order valence-electron chi connectivity index (χ1n) is 3.38. The lowest BCUT2D eigenvalue weighted by Gasteiger charge is -2.11. The van der Waals surface area contributed by atoms with Crippen molar-refractivity contribution in [2.75, 3.05) is 6.61 Å². The summed E-state index contributed by atoms with van der Waals surface area (Å²) in [5.41, 5.74) is 6.35. The lowest BCUT2D eigenvalue weighted by atomic mass is 10.1. The van der Waals surface area contributed by atoms with Gasteiger partial charge in [0, 0.05) is 0 Å². The molecule has 11 heavy (non-hydrogen) atoms. The SMILES string of the molecule is CC1=C[C@@H]([C@H](N)C(=O)O)OC1. The topological polar surface area (TPSA) is 72.6 Å². The van der Waals surface area contributed by atoms with E-state index < -0.39 is 18.1 Å². The summed E-state index contributed by atoms with van der Waals surface area (Å²) in [7, 11) is 0. The first kappa shape index (κ1) is 8.23. The first-order chi connectivity index (χ1) is 5.11. The van der Waals surface area contributed by atoms with E-state index in [2.05, 4.69) is 0 Å². The third kappa shape index (κ3) is 1.78. The molecule has 0 aliphatic carbocycles. The molecular formula is C7H11NO3. The van der Waals surface area contributed by atoms with Gasteiger partial charge in [-0.2, -0.15) is 0 Å². The van der Waals surface area contributed by atoms with Gasteiger partial charge in [0.15, 0.2) is 0 Å². The number of hydrogen-bond donors (Lipinski definition) is 2. The van der Waals surface area contributed by atoms with Gasteiger partial charge in [-0.05, 0) is 12.5 Å². The van der Waals surface area contributed by atoms with Crippen LogP contribution in [0.1, 0.15) is 6.92 Å². The second kappa shape index (κ2) is 3.02. The maximum absolute atomic E-state index is 10.4. The molecule has 3 N–H and O–H groups in total. The van der Waals surface area contributed by atoms with Crippen LogP contribution in [0.25, 0.3) is 0 Å². The van der Waals surface area contributed by atoms with Crippen molar-refractivity contribution in [3.05, 3.63) is 11.6 Å². The molecule has 0 spiro atoms. The van der Waals surface area contributed by atoms with E-state index >= 15 is 0 Å². The number of carboxylic acids is 1. The number of carboxylic acid groups (broad SMARTS) is 1. The molecule has 2 atom stereocenters. The molecule has 0 aromatic carbocycles. The van der Waals surface area contributed by atoms with Crippen LogP contribution >= 0.6 is 0 Å². The Morgan fingerprint density at radius 2 is 2.64 bits per heavy atom. The Kier molecular flexibility index (Phi) is 2.26. The molecule has 0 saturated heterocycles. The highest BCUT2D eigenvalue weighted by Crippen LogP contribution is 2.12. The smallest absolute Gasteiger partial charge is 0.323 e. The minimum atomic E-state index is -1.03. The molecular weight excluding hydrogens is 146 g/mol. The Labute approximate surface area is 64.6 Å². The van der Waals surface area contributed by atoms with E-state index in [-0.39, 0.29) is 0 Å². The Balaban J connectivity index is 2.56. The molecule has 1 rings (SSSR count). The number of hydrogen-bond acceptors (Lipinski definition) is 3. The van der Waals surface area contributed by atoms with E-state index in [0.29, 0.717) is 6.61 Å². The molecule has 0 bridgehead atoms. The van der Waals surface area contributed by atoms with E-state index in [1.807, 2.05) is 6.92 Å². The summed E-state index contributed by atoms with van der Waals surface area (Å²) in [6.07, 6.45) is 1.30. The first-order valence-corrected chi connectivity index (χ1v) is 3.38. The zero-order chi connectivity index (χ0) is 8.43. The van der Waals surface area contributed by atoms with Crippen molar-refractivity contribution in [2.45, 2.75) is 19.1 Å². The van der Waals surface area contributed by atoms with Gasteiger partial charge < -0.3 is 15.6 Å². The lowest BCUT2D eigenvalue weighted by Crippen LogP contribution is -2.40. The van der Waals surface area contributed by atoms with Gasteiger partial charge in [0.05, 0.1) is 6.61 Å². The maximum atomic E-state index is 10.4. The van der Waals surface area contributed by atoms with E-state index in [9.17, 15) is 4.79 Å². The maximum Gasteiger partial charge on any atom is 0.323 e. The van der Waals surface area contributed by atoms with Crippen LogP contribution in [0.2, 0.25) is 0 Å². The fraction of sp³-hybridized carbons (Fsp3) is 0.571. The Bertz CT molecular complexity index is 200. The molecule has 1 heterocycles. The summed E-state index contributed by atoms with van der Waals surface area (Å²) in [4.78, 5) is 10.4. The van der Waals surface area contributed by atoms with Gasteiger partial charge in [0.1, 0.15) is 12.1 Å². The summed E-state index contributed by atoms with van der Waals surface area (Å²) in [5.74, 6) is -1.03. The average molecular weight is 157 g/mol. The summed E-state index contributed by atoms with van der Waals surface area (Å²) >= 11 is 0. The van der Waals surface area contributed by atoms with Gasteiger partial charge in [-0.1, -0.05) is 6.08 Å².